The van der Waals surface area contributed by atoms with E-state index in [-0.39, 0.29) is 5.56 Å². The number of aldehydes is 1. The van der Waals surface area contributed by atoms with Gasteiger partial charge in [0.05, 0.1) is 11.3 Å². The molecule has 1 aromatic carbocycles. The van der Waals surface area contributed by atoms with Crippen molar-refractivity contribution in [3.05, 3.63) is 29.6 Å². The fourth-order valence-electron chi connectivity index (χ4n) is 2.17. The van der Waals surface area contributed by atoms with Crippen molar-refractivity contribution in [2.45, 2.75) is 19.8 Å². The molecule has 0 amide bonds. The average Bonchev–Trinajstić information content (AvgIpc) is 2.30. The number of hydrogen-bond donors (Lipinski definition) is 0. The Bertz CT molecular complexity index is 384. The maximum atomic E-state index is 13.4. The lowest BCUT2D eigenvalue weighted by Crippen LogP contribution is -2.33. The van der Waals surface area contributed by atoms with E-state index in [9.17, 15) is 9.18 Å². The number of piperidine rings is 1. The van der Waals surface area contributed by atoms with Crippen LogP contribution in [0.4, 0.5) is 10.1 Å². The molecule has 0 spiro atoms. The van der Waals surface area contributed by atoms with Crippen LogP contribution in [0, 0.1) is 11.7 Å². The first-order valence-corrected chi connectivity index (χ1v) is 5.71. The van der Waals surface area contributed by atoms with Gasteiger partial charge in [-0.2, -0.15) is 0 Å². The van der Waals surface area contributed by atoms with Crippen LogP contribution in [0.25, 0.3) is 0 Å². The minimum Gasteiger partial charge on any atom is -0.371 e. The highest BCUT2D eigenvalue weighted by Crippen LogP contribution is 2.26. The lowest BCUT2D eigenvalue weighted by atomic mass is 9.98. The number of carbonyl (C=O) groups excluding carboxylic acids is 1. The summed E-state index contributed by atoms with van der Waals surface area (Å²) in [5.74, 6) is 0.301. The molecule has 0 radical (unpaired) electrons. The van der Waals surface area contributed by atoms with Crippen molar-refractivity contribution in [2.24, 2.45) is 5.92 Å². The van der Waals surface area contributed by atoms with Crippen molar-refractivity contribution < 1.29 is 9.18 Å². The van der Waals surface area contributed by atoms with E-state index in [0.29, 0.717) is 6.29 Å². The van der Waals surface area contributed by atoms with Gasteiger partial charge in [0, 0.05) is 13.1 Å². The number of halogens is 1. The largest absolute Gasteiger partial charge is 0.371 e. The Morgan fingerprint density at radius 1 is 1.38 bits per heavy atom. The molecular formula is C13H16FNO. The molecule has 0 bridgehead atoms. The molecule has 1 heterocycles. The van der Waals surface area contributed by atoms with Crippen molar-refractivity contribution in [1.29, 1.82) is 0 Å². The predicted molar refractivity (Wildman–Crippen MR) is 62.4 cm³/mol. The quantitative estimate of drug-likeness (QED) is 0.716. The van der Waals surface area contributed by atoms with Gasteiger partial charge in [0.1, 0.15) is 5.82 Å². The normalized spacial score (nSPS) is 17.5. The molecule has 0 aliphatic carbocycles. The SMILES string of the molecule is CC1CCN(c2cccc(F)c2C=O)CC1. The van der Waals surface area contributed by atoms with Gasteiger partial charge in [-0.25, -0.2) is 4.39 Å². The Kier molecular flexibility index (Phi) is 3.22. The van der Waals surface area contributed by atoms with E-state index in [1.54, 1.807) is 6.07 Å². The van der Waals surface area contributed by atoms with Crippen LogP contribution in [0.3, 0.4) is 0 Å². The van der Waals surface area contributed by atoms with Gasteiger partial charge in [0.15, 0.2) is 6.29 Å². The molecule has 3 heteroatoms. The summed E-state index contributed by atoms with van der Waals surface area (Å²) in [5.41, 5.74) is 0.930. The fourth-order valence-corrected chi connectivity index (χ4v) is 2.17. The smallest absolute Gasteiger partial charge is 0.155 e. The summed E-state index contributed by atoms with van der Waals surface area (Å²) in [5, 5.41) is 0. The molecule has 1 fully saturated rings. The molecule has 0 saturated carbocycles. The lowest BCUT2D eigenvalue weighted by molar-refractivity contribution is 0.112. The number of carbonyl (C=O) groups is 1. The van der Waals surface area contributed by atoms with Gasteiger partial charge in [-0.3, -0.25) is 4.79 Å². The monoisotopic (exact) mass is 221 g/mol. The van der Waals surface area contributed by atoms with Gasteiger partial charge >= 0.3 is 0 Å². The van der Waals surface area contributed by atoms with Crippen LogP contribution in [-0.2, 0) is 0 Å². The van der Waals surface area contributed by atoms with Crippen LogP contribution in [0.5, 0.6) is 0 Å². The second-order valence-electron chi connectivity index (χ2n) is 4.46. The first-order valence-electron chi connectivity index (χ1n) is 5.71. The summed E-state index contributed by atoms with van der Waals surface area (Å²) in [6, 6.07) is 4.82. The molecule has 86 valence electrons. The van der Waals surface area contributed by atoms with E-state index >= 15 is 0 Å². The molecule has 1 aliphatic rings. The van der Waals surface area contributed by atoms with E-state index in [2.05, 4.69) is 11.8 Å². The summed E-state index contributed by atoms with van der Waals surface area (Å²) >= 11 is 0. The van der Waals surface area contributed by atoms with Gasteiger partial charge < -0.3 is 4.90 Å². The molecule has 0 N–H and O–H groups in total. The minimum absolute atomic E-state index is 0.192. The Hall–Kier alpha value is -1.38. The van der Waals surface area contributed by atoms with Crippen molar-refractivity contribution in [1.82, 2.24) is 0 Å². The van der Waals surface area contributed by atoms with Crippen LogP contribution in [0.2, 0.25) is 0 Å². The fraction of sp³-hybridized carbons (Fsp3) is 0.462. The molecule has 1 aliphatic heterocycles. The van der Waals surface area contributed by atoms with Gasteiger partial charge in [-0.15, -0.1) is 0 Å². The van der Waals surface area contributed by atoms with Gasteiger partial charge in [-0.05, 0) is 30.9 Å². The molecule has 2 nitrogen and oxygen atoms in total. The van der Waals surface area contributed by atoms with Crippen LogP contribution in [-0.4, -0.2) is 19.4 Å². The van der Waals surface area contributed by atoms with E-state index in [0.717, 1.165) is 37.5 Å². The second-order valence-corrected chi connectivity index (χ2v) is 4.46. The molecule has 2 rings (SSSR count). The highest BCUT2D eigenvalue weighted by Gasteiger charge is 2.19. The standard InChI is InChI=1S/C13H16FNO/c1-10-5-7-15(8-6-10)13-4-2-3-12(14)11(13)9-16/h2-4,9-10H,5-8H2,1H3. The summed E-state index contributed by atoms with van der Waals surface area (Å²) in [6.07, 6.45) is 2.83. The first-order chi connectivity index (χ1) is 7.72. The van der Waals surface area contributed by atoms with E-state index < -0.39 is 5.82 Å². The van der Waals surface area contributed by atoms with Gasteiger partial charge in [0.25, 0.3) is 0 Å². The molecule has 1 saturated heterocycles. The van der Waals surface area contributed by atoms with Gasteiger partial charge in [0.2, 0.25) is 0 Å². The topological polar surface area (TPSA) is 20.3 Å². The van der Waals surface area contributed by atoms with Crippen molar-refractivity contribution in [3.8, 4) is 0 Å². The summed E-state index contributed by atoms with van der Waals surface area (Å²) < 4.78 is 13.4. The van der Waals surface area contributed by atoms with Gasteiger partial charge in [-0.1, -0.05) is 13.0 Å². The molecular weight excluding hydrogens is 205 g/mol. The highest BCUT2D eigenvalue weighted by atomic mass is 19.1. The Morgan fingerprint density at radius 2 is 2.06 bits per heavy atom. The van der Waals surface area contributed by atoms with E-state index in [1.807, 2.05) is 6.07 Å². The molecule has 0 unspecified atom stereocenters. The number of nitrogens with zero attached hydrogens (tertiary/aromatic N) is 1. The Morgan fingerprint density at radius 3 is 2.69 bits per heavy atom. The summed E-state index contributed by atoms with van der Waals surface area (Å²) in [6.45, 7) is 4.04. The Balaban J connectivity index is 2.26. The average molecular weight is 221 g/mol. The number of hydrogen-bond acceptors (Lipinski definition) is 2. The van der Waals surface area contributed by atoms with E-state index in [4.69, 9.17) is 0 Å². The van der Waals surface area contributed by atoms with E-state index in [1.165, 1.54) is 6.07 Å². The third-order valence-electron chi connectivity index (χ3n) is 3.27. The molecule has 16 heavy (non-hydrogen) atoms. The third-order valence-corrected chi connectivity index (χ3v) is 3.27. The van der Waals surface area contributed by atoms with Crippen LogP contribution in [0.1, 0.15) is 30.1 Å². The van der Waals surface area contributed by atoms with Crippen LogP contribution >= 0.6 is 0 Å². The summed E-state index contributed by atoms with van der Waals surface area (Å²) in [4.78, 5) is 13.0. The number of rotatable bonds is 2. The zero-order valence-corrected chi connectivity index (χ0v) is 9.45. The van der Waals surface area contributed by atoms with Crippen molar-refractivity contribution >= 4 is 12.0 Å². The number of anilines is 1. The Labute approximate surface area is 95.1 Å². The lowest BCUT2D eigenvalue weighted by Gasteiger charge is -2.32. The highest BCUT2D eigenvalue weighted by molar-refractivity contribution is 5.85. The van der Waals surface area contributed by atoms with Crippen molar-refractivity contribution in [3.63, 3.8) is 0 Å². The van der Waals surface area contributed by atoms with Crippen LogP contribution < -0.4 is 4.90 Å². The molecule has 1 aromatic rings. The number of benzene rings is 1. The zero-order valence-electron chi connectivity index (χ0n) is 9.45. The second kappa shape index (κ2) is 4.64. The van der Waals surface area contributed by atoms with Crippen LogP contribution in [0.15, 0.2) is 18.2 Å². The molecule has 0 atom stereocenters. The summed E-state index contributed by atoms with van der Waals surface area (Å²) in [7, 11) is 0. The minimum atomic E-state index is -0.425. The maximum absolute atomic E-state index is 13.4. The zero-order chi connectivity index (χ0) is 11.5. The first kappa shape index (κ1) is 11.1. The predicted octanol–water partition coefficient (Wildman–Crippen LogP) is 2.87. The van der Waals surface area contributed by atoms with Crippen molar-refractivity contribution in [2.75, 3.05) is 18.0 Å². The maximum Gasteiger partial charge on any atom is 0.155 e. The molecule has 0 aromatic heterocycles. The third kappa shape index (κ3) is 2.08.